The number of anilines is 1. The van der Waals surface area contributed by atoms with Gasteiger partial charge in [0.2, 0.25) is 0 Å². The molecule has 1 fully saturated rings. The Morgan fingerprint density at radius 2 is 1.92 bits per heavy atom. The number of hydrogen-bond donors (Lipinski definition) is 1. The first-order chi connectivity index (χ1) is 12.4. The van der Waals surface area contributed by atoms with Crippen LogP contribution in [0.3, 0.4) is 0 Å². The molecular formula is C20H34N2O4. The highest BCUT2D eigenvalue weighted by molar-refractivity contribution is 5.85. The van der Waals surface area contributed by atoms with Gasteiger partial charge in [-0.2, -0.15) is 0 Å². The maximum Gasteiger partial charge on any atom is 0.412 e. The van der Waals surface area contributed by atoms with E-state index in [4.69, 9.17) is 14.2 Å². The van der Waals surface area contributed by atoms with E-state index in [0.717, 1.165) is 45.0 Å². The Kier molecular flexibility index (Phi) is 10.1. The van der Waals surface area contributed by atoms with E-state index in [0.29, 0.717) is 12.3 Å². The van der Waals surface area contributed by atoms with E-state index in [9.17, 15) is 4.79 Å². The highest BCUT2D eigenvalue weighted by Crippen LogP contribution is 2.18. The summed E-state index contributed by atoms with van der Waals surface area (Å²) in [6, 6.07) is 7.35. The molecule has 0 radical (unpaired) electrons. The van der Waals surface area contributed by atoms with Crippen LogP contribution >= 0.6 is 0 Å². The normalized spacial score (nSPS) is 14.8. The quantitative estimate of drug-likeness (QED) is 0.766. The molecule has 0 aliphatic carbocycles. The van der Waals surface area contributed by atoms with Crippen molar-refractivity contribution in [3.63, 3.8) is 0 Å². The zero-order valence-electron chi connectivity index (χ0n) is 16.8. The Morgan fingerprint density at radius 3 is 2.58 bits per heavy atom. The number of benzene rings is 1. The fourth-order valence-corrected chi connectivity index (χ4v) is 2.39. The van der Waals surface area contributed by atoms with E-state index in [2.05, 4.69) is 10.2 Å². The van der Waals surface area contributed by atoms with Gasteiger partial charge in [0, 0.05) is 31.4 Å². The van der Waals surface area contributed by atoms with E-state index in [-0.39, 0.29) is 0 Å². The van der Waals surface area contributed by atoms with E-state index in [1.54, 1.807) is 6.07 Å². The van der Waals surface area contributed by atoms with Crippen LogP contribution in [0.4, 0.5) is 10.5 Å². The maximum absolute atomic E-state index is 11.8. The summed E-state index contributed by atoms with van der Waals surface area (Å²) in [5.41, 5.74) is 0.146. The molecule has 148 valence electrons. The van der Waals surface area contributed by atoms with Gasteiger partial charge < -0.3 is 14.2 Å². The van der Waals surface area contributed by atoms with E-state index in [1.165, 1.54) is 0 Å². The number of carbonyl (C=O) groups excluding carboxylic acids is 1. The minimum Gasteiger partial charge on any atom is -0.493 e. The van der Waals surface area contributed by atoms with Gasteiger partial charge in [0.05, 0.1) is 19.8 Å². The van der Waals surface area contributed by atoms with Gasteiger partial charge in [-0.25, -0.2) is 4.79 Å². The molecule has 0 aromatic heterocycles. The van der Waals surface area contributed by atoms with Crippen LogP contribution in [0.5, 0.6) is 5.75 Å². The Bertz CT molecular complexity index is 523. The predicted octanol–water partition coefficient (Wildman–Crippen LogP) is 4.16. The van der Waals surface area contributed by atoms with Crippen molar-refractivity contribution < 1.29 is 19.0 Å². The summed E-state index contributed by atoms with van der Waals surface area (Å²) < 4.78 is 16.3. The molecule has 1 aliphatic rings. The molecular weight excluding hydrogens is 332 g/mol. The lowest BCUT2D eigenvalue weighted by Crippen LogP contribution is -2.37. The highest BCUT2D eigenvalue weighted by atomic mass is 16.6. The van der Waals surface area contributed by atoms with Gasteiger partial charge in [-0.3, -0.25) is 10.2 Å². The third-order valence-corrected chi connectivity index (χ3v) is 3.47. The van der Waals surface area contributed by atoms with Crippen molar-refractivity contribution >= 4 is 11.8 Å². The number of morpholine rings is 1. The summed E-state index contributed by atoms with van der Waals surface area (Å²) in [4.78, 5) is 14.2. The maximum atomic E-state index is 11.8. The summed E-state index contributed by atoms with van der Waals surface area (Å²) in [6.07, 6.45) is 0.496. The molecule has 6 heteroatoms. The smallest absolute Gasteiger partial charge is 0.412 e. The van der Waals surface area contributed by atoms with Gasteiger partial charge >= 0.3 is 6.09 Å². The number of nitrogens with one attached hydrogen (secondary N) is 1. The molecule has 1 saturated heterocycles. The topological polar surface area (TPSA) is 60.0 Å². The van der Waals surface area contributed by atoms with Crippen molar-refractivity contribution in [2.45, 2.75) is 46.6 Å². The highest BCUT2D eigenvalue weighted by Gasteiger charge is 2.16. The summed E-state index contributed by atoms with van der Waals surface area (Å²) in [5, 5.41) is 2.72. The Balaban J connectivity index is 0.00000163. The van der Waals surface area contributed by atoms with Gasteiger partial charge in [0.15, 0.2) is 0 Å². The first-order valence-electron chi connectivity index (χ1n) is 9.45. The molecule has 6 nitrogen and oxygen atoms in total. The van der Waals surface area contributed by atoms with Crippen molar-refractivity contribution in [2.24, 2.45) is 0 Å². The minimum absolute atomic E-state index is 0.466. The number of rotatable bonds is 6. The number of carbonyl (C=O) groups is 1. The standard InChI is InChI=1S/C18H28N2O4.C2H6/c1-18(2,3)24-17(21)19-15-6-4-7-16(14-15)23-11-5-8-20-9-12-22-13-10-20;1-2/h4,6-7,14H,5,8-13H2,1-3H3,(H,19,21);1-2H3. The van der Waals surface area contributed by atoms with E-state index in [1.807, 2.05) is 52.8 Å². The fourth-order valence-electron chi connectivity index (χ4n) is 2.39. The second-order valence-corrected chi connectivity index (χ2v) is 6.81. The van der Waals surface area contributed by atoms with Gasteiger partial charge in [-0.05, 0) is 39.3 Å². The number of ether oxygens (including phenoxy) is 3. The number of amides is 1. The summed E-state index contributed by atoms with van der Waals surface area (Å²) in [7, 11) is 0. The first-order valence-corrected chi connectivity index (χ1v) is 9.45. The second kappa shape index (κ2) is 11.8. The fraction of sp³-hybridized carbons (Fsp3) is 0.650. The molecule has 0 bridgehead atoms. The molecule has 1 amide bonds. The van der Waals surface area contributed by atoms with Crippen molar-refractivity contribution in [3.05, 3.63) is 24.3 Å². The summed E-state index contributed by atoms with van der Waals surface area (Å²) in [5.74, 6) is 0.741. The van der Waals surface area contributed by atoms with Gasteiger partial charge in [-0.15, -0.1) is 0 Å². The molecule has 1 N–H and O–H groups in total. The van der Waals surface area contributed by atoms with Crippen molar-refractivity contribution in [3.8, 4) is 5.75 Å². The Hall–Kier alpha value is -1.79. The van der Waals surface area contributed by atoms with Crippen molar-refractivity contribution in [2.75, 3.05) is 44.8 Å². The van der Waals surface area contributed by atoms with Crippen LogP contribution in [-0.4, -0.2) is 56.0 Å². The monoisotopic (exact) mass is 366 g/mol. The molecule has 0 atom stereocenters. The van der Waals surface area contributed by atoms with Crippen LogP contribution in [0.15, 0.2) is 24.3 Å². The third kappa shape index (κ3) is 9.63. The zero-order chi connectivity index (χ0) is 19.4. The average molecular weight is 367 g/mol. The van der Waals surface area contributed by atoms with Gasteiger partial charge in [-0.1, -0.05) is 19.9 Å². The largest absolute Gasteiger partial charge is 0.493 e. The van der Waals surface area contributed by atoms with Crippen LogP contribution in [0.2, 0.25) is 0 Å². The molecule has 0 saturated carbocycles. The summed E-state index contributed by atoms with van der Waals surface area (Å²) in [6.45, 7) is 14.8. The zero-order valence-corrected chi connectivity index (χ0v) is 16.8. The van der Waals surface area contributed by atoms with Crippen LogP contribution in [-0.2, 0) is 9.47 Å². The van der Waals surface area contributed by atoms with E-state index >= 15 is 0 Å². The Morgan fingerprint density at radius 1 is 1.23 bits per heavy atom. The SMILES string of the molecule is CC.CC(C)(C)OC(=O)Nc1cccc(OCCCN2CCOCC2)c1. The second-order valence-electron chi connectivity index (χ2n) is 6.81. The molecule has 1 heterocycles. The minimum atomic E-state index is -0.516. The molecule has 1 aromatic carbocycles. The van der Waals surface area contributed by atoms with Crippen molar-refractivity contribution in [1.29, 1.82) is 0 Å². The summed E-state index contributed by atoms with van der Waals surface area (Å²) >= 11 is 0. The van der Waals surface area contributed by atoms with Crippen molar-refractivity contribution in [1.82, 2.24) is 4.90 Å². The van der Waals surface area contributed by atoms with E-state index < -0.39 is 11.7 Å². The molecule has 0 spiro atoms. The predicted molar refractivity (Wildman–Crippen MR) is 105 cm³/mol. The first kappa shape index (κ1) is 22.3. The lowest BCUT2D eigenvalue weighted by molar-refractivity contribution is 0.0358. The molecule has 1 aromatic rings. The molecule has 2 rings (SSSR count). The van der Waals surface area contributed by atoms with Crippen LogP contribution < -0.4 is 10.1 Å². The lowest BCUT2D eigenvalue weighted by atomic mass is 10.2. The average Bonchev–Trinajstić information content (AvgIpc) is 2.60. The molecule has 26 heavy (non-hydrogen) atoms. The Labute approximate surface area is 157 Å². The molecule has 0 unspecified atom stereocenters. The number of hydrogen-bond acceptors (Lipinski definition) is 5. The van der Waals surface area contributed by atoms with Gasteiger partial charge in [0.1, 0.15) is 11.4 Å². The van der Waals surface area contributed by atoms with Crippen LogP contribution in [0.1, 0.15) is 41.0 Å². The third-order valence-electron chi connectivity index (χ3n) is 3.47. The molecule has 1 aliphatic heterocycles. The van der Waals surface area contributed by atoms with Gasteiger partial charge in [0.25, 0.3) is 0 Å². The van der Waals surface area contributed by atoms with Crippen LogP contribution in [0, 0.1) is 0 Å². The lowest BCUT2D eigenvalue weighted by Gasteiger charge is -2.26. The number of nitrogens with zero attached hydrogens (tertiary/aromatic N) is 1. The van der Waals surface area contributed by atoms with Crippen LogP contribution in [0.25, 0.3) is 0 Å².